The van der Waals surface area contributed by atoms with Gasteiger partial charge in [0.2, 0.25) is 0 Å². The minimum Gasteiger partial charge on any atom is -0.468 e. The highest BCUT2D eigenvalue weighted by Gasteiger charge is 2.68. The molecule has 7 heteroatoms. The van der Waals surface area contributed by atoms with E-state index in [0.29, 0.717) is 5.02 Å². The summed E-state index contributed by atoms with van der Waals surface area (Å²) in [5.41, 5.74) is 0.168. The summed E-state index contributed by atoms with van der Waals surface area (Å²) in [5, 5.41) is 3.81. The summed E-state index contributed by atoms with van der Waals surface area (Å²) >= 11 is 5.98. The largest absolute Gasteiger partial charge is 0.468 e. The third-order valence-corrected chi connectivity index (χ3v) is 5.75. The van der Waals surface area contributed by atoms with Crippen LogP contribution >= 0.6 is 11.6 Å². The minimum atomic E-state index is -1.41. The highest BCUT2D eigenvalue weighted by molar-refractivity contribution is 6.30. The second-order valence-electron chi connectivity index (χ2n) is 7.04. The lowest BCUT2D eigenvalue weighted by Gasteiger charge is -2.31. The van der Waals surface area contributed by atoms with Crippen molar-refractivity contribution in [1.82, 2.24) is 5.32 Å². The van der Waals surface area contributed by atoms with E-state index in [1.54, 1.807) is 24.3 Å². The first kappa shape index (κ1) is 18.7. The van der Waals surface area contributed by atoms with E-state index < -0.39 is 41.3 Å². The number of hydrogen-bond donors (Lipinski definition) is 1. The number of ether oxygens (including phenoxy) is 2. The fourth-order valence-corrected chi connectivity index (χ4v) is 4.41. The quantitative estimate of drug-likeness (QED) is 0.628. The molecule has 1 N–H and O–H groups in total. The van der Waals surface area contributed by atoms with Crippen molar-refractivity contribution in [3.63, 3.8) is 0 Å². The number of carbonyl (C=O) groups excluding carboxylic acids is 3. The molecule has 0 radical (unpaired) electrons. The zero-order chi connectivity index (χ0) is 19.9. The summed E-state index contributed by atoms with van der Waals surface area (Å²) < 4.78 is 10.0. The minimum absolute atomic E-state index is 0.189. The number of hydrogen-bond acceptors (Lipinski definition) is 6. The summed E-state index contributed by atoms with van der Waals surface area (Å²) in [6, 6.07) is 15.6. The Bertz CT molecular complexity index is 930. The SMILES string of the molecule is COC(=O)[C@]1(Cc2ccccc2)N[C@H](c2ccc(Cl)cc2)[C@H]2C(=O)OC(=O)[C@@H]21. The molecule has 0 bridgehead atoms. The normalized spacial score (nSPS) is 28.7. The maximum atomic E-state index is 12.9. The van der Waals surface area contributed by atoms with Crippen LogP contribution in [-0.2, 0) is 30.3 Å². The van der Waals surface area contributed by atoms with E-state index in [1.807, 2.05) is 30.3 Å². The first-order valence-electron chi connectivity index (χ1n) is 8.87. The average molecular weight is 400 g/mol. The Balaban J connectivity index is 1.83. The molecular weight excluding hydrogens is 382 g/mol. The van der Waals surface area contributed by atoms with Crippen molar-refractivity contribution < 1.29 is 23.9 Å². The second kappa shape index (κ2) is 7.04. The van der Waals surface area contributed by atoms with E-state index in [4.69, 9.17) is 21.1 Å². The van der Waals surface area contributed by atoms with E-state index in [9.17, 15) is 14.4 Å². The molecular formula is C21H18ClNO5. The average Bonchev–Trinajstić information content (AvgIpc) is 3.20. The molecule has 2 aromatic carbocycles. The molecule has 0 amide bonds. The summed E-state index contributed by atoms with van der Waals surface area (Å²) in [6.07, 6.45) is 0.189. The van der Waals surface area contributed by atoms with Gasteiger partial charge in [-0.3, -0.25) is 19.7 Å². The molecule has 0 saturated carbocycles. The lowest BCUT2D eigenvalue weighted by Crippen LogP contribution is -2.56. The summed E-state index contributed by atoms with van der Waals surface area (Å²) in [6.45, 7) is 0. The third kappa shape index (κ3) is 2.89. The van der Waals surface area contributed by atoms with Gasteiger partial charge in [-0.2, -0.15) is 0 Å². The molecule has 2 fully saturated rings. The zero-order valence-electron chi connectivity index (χ0n) is 15.1. The van der Waals surface area contributed by atoms with Crippen molar-refractivity contribution in [2.75, 3.05) is 7.11 Å². The van der Waals surface area contributed by atoms with Gasteiger partial charge < -0.3 is 9.47 Å². The van der Waals surface area contributed by atoms with Gasteiger partial charge in [0.1, 0.15) is 11.5 Å². The smallest absolute Gasteiger partial charge is 0.327 e. The molecule has 6 nitrogen and oxygen atoms in total. The van der Waals surface area contributed by atoms with Crippen LogP contribution in [0.25, 0.3) is 0 Å². The summed E-state index contributed by atoms with van der Waals surface area (Å²) in [7, 11) is 1.27. The predicted molar refractivity (Wildman–Crippen MR) is 100 cm³/mol. The monoisotopic (exact) mass is 399 g/mol. The number of benzene rings is 2. The van der Waals surface area contributed by atoms with Gasteiger partial charge >= 0.3 is 17.9 Å². The van der Waals surface area contributed by atoms with Crippen molar-refractivity contribution >= 4 is 29.5 Å². The van der Waals surface area contributed by atoms with Crippen LogP contribution in [0.4, 0.5) is 0 Å². The van der Waals surface area contributed by atoms with E-state index in [2.05, 4.69) is 5.32 Å². The molecule has 28 heavy (non-hydrogen) atoms. The molecule has 0 spiro atoms. The van der Waals surface area contributed by atoms with E-state index in [-0.39, 0.29) is 6.42 Å². The first-order chi connectivity index (χ1) is 13.5. The summed E-state index contributed by atoms with van der Waals surface area (Å²) in [4.78, 5) is 38.1. The van der Waals surface area contributed by atoms with Gasteiger partial charge in [-0.05, 0) is 23.3 Å². The van der Waals surface area contributed by atoms with Gasteiger partial charge in [-0.15, -0.1) is 0 Å². The van der Waals surface area contributed by atoms with Crippen molar-refractivity contribution in [2.24, 2.45) is 11.8 Å². The number of carbonyl (C=O) groups is 3. The highest BCUT2D eigenvalue weighted by Crippen LogP contribution is 2.49. The predicted octanol–water partition coefficient (Wildman–Crippen LogP) is 2.45. The molecule has 0 aromatic heterocycles. The Kier molecular flexibility index (Phi) is 4.69. The van der Waals surface area contributed by atoms with E-state index >= 15 is 0 Å². The van der Waals surface area contributed by atoms with Gasteiger partial charge in [-0.1, -0.05) is 54.1 Å². The van der Waals surface area contributed by atoms with Crippen molar-refractivity contribution in [3.8, 4) is 0 Å². The number of cyclic esters (lactones) is 2. The lowest BCUT2D eigenvalue weighted by molar-refractivity contribution is -0.160. The highest BCUT2D eigenvalue weighted by atomic mass is 35.5. The van der Waals surface area contributed by atoms with Gasteiger partial charge in [-0.25, -0.2) is 0 Å². The molecule has 2 aliphatic heterocycles. The number of esters is 3. The van der Waals surface area contributed by atoms with E-state index in [1.165, 1.54) is 7.11 Å². The molecule has 0 aliphatic carbocycles. The third-order valence-electron chi connectivity index (χ3n) is 5.49. The van der Waals surface area contributed by atoms with Gasteiger partial charge in [0, 0.05) is 17.5 Å². The zero-order valence-corrected chi connectivity index (χ0v) is 15.8. The molecule has 144 valence electrons. The fourth-order valence-electron chi connectivity index (χ4n) is 4.29. The maximum absolute atomic E-state index is 12.9. The Morgan fingerprint density at radius 1 is 1.11 bits per heavy atom. The van der Waals surface area contributed by atoms with Crippen molar-refractivity contribution in [2.45, 2.75) is 18.0 Å². The van der Waals surface area contributed by atoms with Crippen molar-refractivity contribution in [3.05, 3.63) is 70.7 Å². The molecule has 2 saturated heterocycles. The molecule has 2 aromatic rings. The first-order valence-corrected chi connectivity index (χ1v) is 9.25. The van der Waals surface area contributed by atoms with Crippen LogP contribution in [0, 0.1) is 11.8 Å². The number of nitrogens with one attached hydrogen (secondary N) is 1. The number of rotatable bonds is 4. The van der Waals surface area contributed by atoms with Crippen LogP contribution in [0.15, 0.2) is 54.6 Å². The second-order valence-corrected chi connectivity index (χ2v) is 7.48. The Hall–Kier alpha value is -2.70. The number of methoxy groups -OCH3 is 1. The van der Waals surface area contributed by atoms with Crippen LogP contribution < -0.4 is 5.32 Å². The molecule has 4 atom stereocenters. The maximum Gasteiger partial charge on any atom is 0.327 e. The fraction of sp³-hybridized carbons (Fsp3) is 0.286. The number of halogens is 1. The Labute approximate surface area is 166 Å². The Morgan fingerprint density at radius 2 is 1.79 bits per heavy atom. The van der Waals surface area contributed by atoms with E-state index in [0.717, 1.165) is 11.1 Å². The molecule has 4 rings (SSSR count). The van der Waals surface area contributed by atoms with Crippen LogP contribution in [0.5, 0.6) is 0 Å². The topological polar surface area (TPSA) is 81.7 Å². The van der Waals surface area contributed by atoms with Crippen molar-refractivity contribution in [1.29, 1.82) is 0 Å². The van der Waals surface area contributed by atoms with Crippen LogP contribution in [-0.4, -0.2) is 30.6 Å². The van der Waals surface area contributed by atoms with Crippen LogP contribution in [0.2, 0.25) is 5.02 Å². The summed E-state index contributed by atoms with van der Waals surface area (Å²) in [5.74, 6) is -3.75. The lowest BCUT2D eigenvalue weighted by atomic mass is 9.76. The standard InChI is InChI=1S/C21H18ClNO5/c1-27-20(26)21(11-12-5-3-2-4-6-12)16-15(18(24)28-19(16)25)17(23-21)13-7-9-14(22)10-8-13/h2-10,15-17,23H,11H2,1H3/t15-,16+,17+,21+/m0/s1. The molecule has 2 aliphatic rings. The van der Waals surface area contributed by atoms with Crippen LogP contribution in [0.1, 0.15) is 17.2 Å². The van der Waals surface area contributed by atoms with Gasteiger partial charge in [0.05, 0.1) is 13.0 Å². The molecule has 2 heterocycles. The number of fused-ring (bicyclic) bond motifs is 1. The van der Waals surface area contributed by atoms with Gasteiger partial charge in [0.15, 0.2) is 0 Å². The van der Waals surface area contributed by atoms with Gasteiger partial charge in [0.25, 0.3) is 0 Å². The Morgan fingerprint density at radius 3 is 2.43 bits per heavy atom. The van der Waals surface area contributed by atoms with Crippen LogP contribution in [0.3, 0.4) is 0 Å². The molecule has 0 unspecified atom stereocenters.